The lowest BCUT2D eigenvalue weighted by Crippen LogP contribution is -2.45. The number of piperazine rings is 1. The zero-order valence-corrected chi connectivity index (χ0v) is 22.8. The van der Waals surface area contributed by atoms with E-state index >= 15 is 0 Å². The molecule has 0 atom stereocenters. The number of allylic oxidation sites excluding steroid dienone is 1. The molecule has 2 N–H and O–H groups in total. The predicted molar refractivity (Wildman–Crippen MR) is 152 cm³/mol. The fourth-order valence-electron chi connectivity index (χ4n) is 5.60. The zero-order chi connectivity index (χ0) is 27.1. The second-order valence-electron chi connectivity index (χ2n) is 10.6. The van der Waals surface area contributed by atoms with Crippen molar-refractivity contribution in [3.8, 4) is 11.5 Å². The number of aromatic nitrogens is 1. The van der Waals surface area contributed by atoms with Gasteiger partial charge in [-0.3, -0.25) is 9.69 Å². The average molecular weight is 530 g/mol. The molecule has 1 saturated carbocycles. The quantitative estimate of drug-likeness (QED) is 0.448. The number of Topliss-reactive ketones (excluding diaryl/α,β-unsaturated/α-hetero) is 1. The number of amides is 2. The number of carbonyl (C=O) groups excluding carboxylic acids is 2. The molecule has 204 valence electrons. The van der Waals surface area contributed by atoms with Crippen molar-refractivity contribution < 1.29 is 19.1 Å². The van der Waals surface area contributed by atoms with Crippen LogP contribution in [0, 0.1) is 0 Å². The van der Waals surface area contributed by atoms with Gasteiger partial charge in [0, 0.05) is 74.2 Å². The maximum absolute atomic E-state index is 13.5. The van der Waals surface area contributed by atoms with Crippen LogP contribution in [0.1, 0.15) is 40.4 Å². The first-order valence-electron chi connectivity index (χ1n) is 13.6. The molecule has 1 aromatic heterocycles. The molecule has 1 saturated heterocycles. The number of carbonyl (C=O) groups is 2. The summed E-state index contributed by atoms with van der Waals surface area (Å²) in [6.45, 7) is 6.23. The van der Waals surface area contributed by atoms with Gasteiger partial charge < -0.3 is 29.6 Å². The van der Waals surface area contributed by atoms with Gasteiger partial charge in [-0.05, 0) is 68.3 Å². The number of urea groups is 1. The van der Waals surface area contributed by atoms with E-state index in [1.807, 2.05) is 12.1 Å². The van der Waals surface area contributed by atoms with E-state index in [0.29, 0.717) is 28.7 Å². The van der Waals surface area contributed by atoms with Crippen LogP contribution in [0.25, 0.3) is 17.0 Å². The summed E-state index contributed by atoms with van der Waals surface area (Å²) in [5.74, 6) is 1.86. The fraction of sp³-hybridized carbons (Fsp3) is 0.400. The number of hydrogen-bond acceptors (Lipinski definition) is 6. The van der Waals surface area contributed by atoms with Crippen LogP contribution in [-0.4, -0.2) is 80.1 Å². The smallest absolute Gasteiger partial charge is 0.318 e. The van der Waals surface area contributed by atoms with Crippen molar-refractivity contribution in [3.63, 3.8) is 0 Å². The number of rotatable bonds is 7. The number of likely N-dealkylation sites (N-methyl/N-ethyl adjacent to an activating group) is 1. The van der Waals surface area contributed by atoms with Gasteiger partial charge in [0.1, 0.15) is 11.5 Å². The van der Waals surface area contributed by atoms with E-state index in [9.17, 15) is 9.59 Å². The van der Waals surface area contributed by atoms with Gasteiger partial charge in [-0.25, -0.2) is 4.79 Å². The van der Waals surface area contributed by atoms with Crippen LogP contribution < -0.4 is 20.1 Å². The number of nitrogens with one attached hydrogen (secondary N) is 2. The molecule has 2 aromatic carbocycles. The third-order valence-electron chi connectivity index (χ3n) is 7.98. The highest BCUT2D eigenvalue weighted by atomic mass is 16.5. The Morgan fingerprint density at radius 3 is 2.62 bits per heavy atom. The second kappa shape index (κ2) is 10.4. The molecule has 0 spiro atoms. The summed E-state index contributed by atoms with van der Waals surface area (Å²) >= 11 is 0. The first-order valence-corrected chi connectivity index (χ1v) is 13.6. The minimum atomic E-state index is -0.343. The molecular weight excluding hydrogens is 494 g/mol. The van der Waals surface area contributed by atoms with Gasteiger partial charge in [-0.1, -0.05) is 0 Å². The topological polar surface area (TPSA) is 88.1 Å². The van der Waals surface area contributed by atoms with Gasteiger partial charge >= 0.3 is 6.03 Å². The molecule has 39 heavy (non-hydrogen) atoms. The summed E-state index contributed by atoms with van der Waals surface area (Å²) in [5, 5.41) is 6.31. The summed E-state index contributed by atoms with van der Waals surface area (Å²) < 4.78 is 14.1. The van der Waals surface area contributed by atoms with Crippen LogP contribution in [0.15, 0.2) is 42.2 Å². The van der Waals surface area contributed by atoms with Crippen molar-refractivity contribution in [1.29, 1.82) is 0 Å². The van der Waals surface area contributed by atoms with Crippen LogP contribution in [0.2, 0.25) is 0 Å². The van der Waals surface area contributed by atoms with Gasteiger partial charge in [-0.15, -0.1) is 0 Å². The van der Waals surface area contributed by atoms with Crippen molar-refractivity contribution in [2.75, 3.05) is 59.2 Å². The summed E-state index contributed by atoms with van der Waals surface area (Å²) in [4.78, 5) is 30.1. The van der Waals surface area contributed by atoms with E-state index in [-0.39, 0.29) is 11.8 Å². The molecule has 6 rings (SSSR count). The molecule has 0 unspecified atom stereocenters. The van der Waals surface area contributed by atoms with Gasteiger partial charge in [0.25, 0.3) is 0 Å². The molecule has 3 aromatic rings. The number of ether oxygens (including phenoxy) is 2. The fourth-order valence-corrected chi connectivity index (χ4v) is 5.60. The Morgan fingerprint density at radius 2 is 1.90 bits per heavy atom. The number of hydrogen-bond donors (Lipinski definition) is 2. The van der Waals surface area contributed by atoms with Gasteiger partial charge in [0.05, 0.1) is 12.7 Å². The Balaban J connectivity index is 1.37. The highest BCUT2D eigenvalue weighted by Gasteiger charge is 2.34. The van der Waals surface area contributed by atoms with Crippen molar-refractivity contribution in [2.24, 2.45) is 0 Å². The SMILES string of the molecule is CNC(=O)Nc1ccc2c(c1)C(=O)C(=Cc1c(C3CC3)n(CCN3CCN(C)CC3)c3ccc(OC)cc13)O2. The molecule has 3 heterocycles. The third-order valence-corrected chi connectivity index (χ3v) is 7.98. The minimum absolute atomic E-state index is 0.187. The largest absolute Gasteiger partial charge is 0.497 e. The lowest BCUT2D eigenvalue weighted by atomic mass is 10.0. The van der Waals surface area contributed by atoms with Crippen LogP contribution in [0.4, 0.5) is 10.5 Å². The van der Waals surface area contributed by atoms with Crippen molar-refractivity contribution in [2.45, 2.75) is 25.3 Å². The molecule has 0 radical (unpaired) electrons. The summed E-state index contributed by atoms with van der Waals surface area (Å²) in [7, 11) is 5.40. The van der Waals surface area contributed by atoms with Gasteiger partial charge in [0.15, 0.2) is 5.76 Å². The van der Waals surface area contributed by atoms with Crippen LogP contribution in [0.3, 0.4) is 0 Å². The van der Waals surface area contributed by atoms with Crippen LogP contribution in [0.5, 0.6) is 11.5 Å². The minimum Gasteiger partial charge on any atom is -0.497 e. The van der Waals surface area contributed by atoms with E-state index < -0.39 is 0 Å². The third kappa shape index (κ3) is 4.99. The standard InChI is InChI=1S/C30H35N5O4/c1-31-30(37)32-20-6-9-26-24(16-20)29(36)27(39-26)18-23-22-17-21(38-3)7-8-25(22)35(28(23)19-4-5-19)15-14-34-12-10-33(2)11-13-34/h6-9,16-19H,4-5,10-15H2,1-3H3,(H2,31,32,37). The zero-order valence-electron chi connectivity index (χ0n) is 22.8. The second-order valence-corrected chi connectivity index (χ2v) is 10.6. The Morgan fingerprint density at radius 1 is 1.10 bits per heavy atom. The van der Waals surface area contributed by atoms with E-state index in [1.165, 1.54) is 5.69 Å². The first kappa shape index (κ1) is 25.5. The molecule has 3 aliphatic rings. The normalized spacial score (nSPS) is 18.8. The number of nitrogens with zero attached hydrogens (tertiary/aromatic N) is 3. The first-order chi connectivity index (χ1) is 18.9. The van der Waals surface area contributed by atoms with Crippen molar-refractivity contribution >= 4 is 34.5 Å². The monoisotopic (exact) mass is 529 g/mol. The Bertz CT molecular complexity index is 1460. The Kier molecular flexibility index (Phi) is 6.78. The van der Waals surface area contributed by atoms with Crippen LogP contribution in [-0.2, 0) is 6.54 Å². The molecule has 2 aliphatic heterocycles. The molecular formula is C30H35N5O4. The molecule has 2 fully saturated rings. The van der Waals surface area contributed by atoms with Crippen molar-refractivity contribution in [1.82, 2.24) is 19.7 Å². The van der Waals surface area contributed by atoms with E-state index in [2.05, 4.69) is 44.2 Å². The number of benzene rings is 2. The molecule has 9 nitrogen and oxygen atoms in total. The van der Waals surface area contributed by atoms with Crippen molar-refractivity contribution in [3.05, 3.63) is 59.0 Å². The van der Waals surface area contributed by atoms with E-state index in [0.717, 1.165) is 74.3 Å². The maximum Gasteiger partial charge on any atom is 0.318 e. The molecule has 0 bridgehead atoms. The predicted octanol–water partition coefficient (Wildman–Crippen LogP) is 4.14. The van der Waals surface area contributed by atoms with E-state index in [1.54, 1.807) is 32.4 Å². The Labute approximate surface area is 228 Å². The average Bonchev–Trinajstić information content (AvgIpc) is 3.69. The highest BCUT2D eigenvalue weighted by Crippen LogP contribution is 2.47. The van der Waals surface area contributed by atoms with E-state index in [4.69, 9.17) is 9.47 Å². The highest BCUT2D eigenvalue weighted by molar-refractivity contribution is 6.16. The lowest BCUT2D eigenvalue weighted by molar-refractivity contribution is 0.101. The summed E-state index contributed by atoms with van der Waals surface area (Å²) in [5.41, 5.74) is 4.44. The Hall–Kier alpha value is -3.82. The molecule has 1 aliphatic carbocycles. The molecule has 9 heteroatoms. The number of anilines is 1. The number of fused-ring (bicyclic) bond motifs is 2. The maximum atomic E-state index is 13.5. The number of methoxy groups -OCH3 is 1. The number of ketones is 1. The van der Waals surface area contributed by atoms with Crippen LogP contribution >= 0.6 is 0 Å². The molecule has 2 amide bonds. The van der Waals surface area contributed by atoms with Gasteiger partial charge in [-0.2, -0.15) is 0 Å². The summed E-state index contributed by atoms with van der Waals surface area (Å²) in [6, 6.07) is 11.0. The lowest BCUT2D eigenvalue weighted by Gasteiger charge is -2.32. The van der Waals surface area contributed by atoms with Gasteiger partial charge in [0.2, 0.25) is 5.78 Å². The summed E-state index contributed by atoms with van der Waals surface area (Å²) in [6.07, 6.45) is 4.19.